The molecule has 0 spiro atoms. The van der Waals surface area contributed by atoms with Gasteiger partial charge in [0.25, 0.3) is 10.0 Å². The number of hydrogen-bond donors (Lipinski definition) is 2. The minimum absolute atomic E-state index is 0.151. The van der Waals surface area contributed by atoms with Gasteiger partial charge in [-0.2, -0.15) is 0 Å². The number of hydrogen-bond acceptors (Lipinski definition) is 3. The van der Waals surface area contributed by atoms with Crippen LogP contribution >= 0.6 is 11.6 Å². The van der Waals surface area contributed by atoms with E-state index in [2.05, 4.69) is 4.72 Å². The first-order valence-electron chi connectivity index (χ1n) is 5.22. The van der Waals surface area contributed by atoms with Crippen LogP contribution in [-0.4, -0.2) is 8.42 Å². The molecule has 0 saturated heterocycles. The monoisotopic (exact) mass is 300 g/mol. The van der Waals surface area contributed by atoms with Gasteiger partial charge in [-0.1, -0.05) is 17.7 Å². The highest BCUT2D eigenvalue weighted by atomic mass is 35.5. The Morgan fingerprint density at radius 2 is 1.74 bits per heavy atom. The van der Waals surface area contributed by atoms with Crippen LogP contribution in [-0.2, 0) is 10.0 Å². The van der Waals surface area contributed by atoms with Crippen LogP contribution in [0.1, 0.15) is 0 Å². The summed E-state index contributed by atoms with van der Waals surface area (Å²) in [5.74, 6) is -0.901. The summed E-state index contributed by atoms with van der Waals surface area (Å²) in [5, 5.41) is 0.466. The Kier molecular flexibility index (Phi) is 3.64. The predicted octanol–water partition coefficient (Wildman–Crippen LogP) is 2.86. The minimum atomic E-state index is -4.08. The van der Waals surface area contributed by atoms with E-state index >= 15 is 0 Å². The molecule has 0 amide bonds. The Balaban J connectivity index is 2.41. The van der Waals surface area contributed by atoms with Crippen molar-refractivity contribution in [2.75, 3.05) is 10.5 Å². The van der Waals surface area contributed by atoms with Gasteiger partial charge in [-0.25, -0.2) is 12.8 Å². The standard InChI is InChI=1S/C12H10ClFN2O2S/c13-8-4-6-9(7-5-8)16-19(17,18)12-10(14)2-1-3-11(12)15/h1-7,16H,15H2. The van der Waals surface area contributed by atoms with Gasteiger partial charge < -0.3 is 5.73 Å². The van der Waals surface area contributed by atoms with Gasteiger partial charge in [-0.3, -0.25) is 4.72 Å². The van der Waals surface area contributed by atoms with E-state index in [1.54, 1.807) is 0 Å². The summed E-state index contributed by atoms with van der Waals surface area (Å²) in [5.41, 5.74) is 5.62. The Labute approximate surface area is 115 Å². The first kappa shape index (κ1) is 13.6. The van der Waals surface area contributed by atoms with E-state index in [4.69, 9.17) is 17.3 Å². The third-order valence-electron chi connectivity index (χ3n) is 2.36. The lowest BCUT2D eigenvalue weighted by atomic mass is 10.3. The summed E-state index contributed by atoms with van der Waals surface area (Å²) in [4.78, 5) is -0.565. The number of sulfonamides is 1. The Hall–Kier alpha value is -1.79. The number of anilines is 2. The normalized spacial score (nSPS) is 11.3. The molecule has 2 aromatic rings. The zero-order valence-corrected chi connectivity index (χ0v) is 11.2. The highest BCUT2D eigenvalue weighted by molar-refractivity contribution is 7.92. The topological polar surface area (TPSA) is 72.2 Å². The molecule has 0 radical (unpaired) electrons. The number of nitrogens with one attached hydrogen (secondary N) is 1. The van der Waals surface area contributed by atoms with Gasteiger partial charge in [0.05, 0.1) is 5.69 Å². The molecule has 19 heavy (non-hydrogen) atoms. The molecule has 7 heteroatoms. The van der Waals surface area contributed by atoms with E-state index in [0.717, 1.165) is 6.07 Å². The molecule has 0 aromatic heterocycles. The second-order valence-electron chi connectivity index (χ2n) is 3.77. The fourth-order valence-electron chi connectivity index (χ4n) is 1.53. The molecule has 3 N–H and O–H groups in total. The minimum Gasteiger partial charge on any atom is -0.398 e. The van der Waals surface area contributed by atoms with Gasteiger partial charge in [-0.15, -0.1) is 0 Å². The molecule has 0 saturated carbocycles. The van der Waals surface area contributed by atoms with Crippen LogP contribution in [0, 0.1) is 5.82 Å². The van der Waals surface area contributed by atoms with Crippen LogP contribution in [0.25, 0.3) is 0 Å². The molecular formula is C12H10ClFN2O2S. The van der Waals surface area contributed by atoms with Crippen molar-refractivity contribution < 1.29 is 12.8 Å². The maximum atomic E-state index is 13.6. The first-order valence-corrected chi connectivity index (χ1v) is 7.08. The summed E-state index contributed by atoms with van der Waals surface area (Å²) in [6.07, 6.45) is 0. The van der Waals surface area contributed by atoms with E-state index in [9.17, 15) is 12.8 Å². The second-order valence-corrected chi connectivity index (χ2v) is 5.83. The molecular weight excluding hydrogens is 291 g/mol. The van der Waals surface area contributed by atoms with Crippen molar-refractivity contribution in [3.05, 3.63) is 53.3 Å². The van der Waals surface area contributed by atoms with Crippen molar-refractivity contribution in [1.29, 1.82) is 0 Å². The van der Waals surface area contributed by atoms with Crippen molar-refractivity contribution in [3.8, 4) is 0 Å². The molecule has 0 aliphatic carbocycles. The SMILES string of the molecule is Nc1cccc(F)c1S(=O)(=O)Nc1ccc(Cl)cc1. The second kappa shape index (κ2) is 5.07. The van der Waals surface area contributed by atoms with E-state index in [-0.39, 0.29) is 11.4 Å². The van der Waals surface area contributed by atoms with Gasteiger partial charge in [0, 0.05) is 10.7 Å². The average Bonchev–Trinajstić information content (AvgIpc) is 2.31. The molecule has 0 fully saturated rings. The summed E-state index contributed by atoms with van der Waals surface area (Å²) in [6.45, 7) is 0. The Bertz CT molecular complexity index is 682. The highest BCUT2D eigenvalue weighted by Gasteiger charge is 2.22. The third kappa shape index (κ3) is 2.97. The van der Waals surface area contributed by atoms with E-state index < -0.39 is 20.7 Å². The molecule has 0 bridgehead atoms. The number of halogens is 2. The molecule has 0 atom stereocenters. The highest BCUT2D eigenvalue weighted by Crippen LogP contribution is 2.24. The van der Waals surface area contributed by atoms with Crippen molar-refractivity contribution in [1.82, 2.24) is 0 Å². The van der Waals surface area contributed by atoms with E-state index in [0.29, 0.717) is 5.02 Å². The van der Waals surface area contributed by atoms with Crippen molar-refractivity contribution in [2.45, 2.75) is 4.90 Å². The third-order valence-corrected chi connectivity index (χ3v) is 4.09. The maximum Gasteiger partial charge on any atom is 0.266 e. The predicted molar refractivity (Wildman–Crippen MR) is 73.1 cm³/mol. The number of rotatable bonds is 3. The molecule has 2 aromatic carbocycles. The number of benzene rings is 2. The van der Waals surface area contributed by atoms with E-state index in [1.807, 2.05) is 0 Å². The number of nitrogen functional groups attached to an aromatic ring is 1. The van der Waals surface area contributed by atoms with Crippen LogP contribution in [0.4, 0.5) is 15.8 Å². The quantitative estimate of drug-likeness (QED) is 0.856. The van der Waals surface area contributed by atoms with E-state index in [1.165, 1.54) is 36.4 Å². The van der Waals surface area contributed by atoms with Gasteiger partial charge >= 0.3 is 0 Å². The average molecular weight is 301 g/mol. The molecule has 0 aliphatic rings. The molecule has 100 valence electrons. The summed E-state index contributed by atoms with van der Waals surface area (Å²) in [6, 6.07) is 9.67. The zero-order valence-electron chi connectivity index (χ0n) is 9.60. The van der Waals surface area contributed by atoms with Crippen molar-refractivity contribution in [2.24, 2.45) is 0 Å². The molecule has 4 nitrogen and oxygen atoms in total. The van der Waals surface area contributed by atoms with Gasteiger partial charge in [-0.05, 0) is 36.4 Å². The molecule has 2 rings (SSSR count). The molecule has 0 heterocycles. The van der Waals surface area contributed by atoms with Crippen LogP contribution in [0.15, 0.2) is 47.4 Å². The molecule has 0 aliphatic heterocycles. The Morgan fingerprint density at radius 3 is 2.32 bits per heavy atom. The van der Waals surface area contributed by atoms with Gasteiger partial charge in [0.1, 0.15) is 10.7 Å². The van der Waals surface area contributed by atoms with Crippen molar-refractivity contribution in [3.63, 3.8) is 0 Å². The summed E-state index contributed by atoms with van der Waals surface area (Å²) < 4.78 is 40.0. The first-order chi connectivity index (χ1) is 8.90. The largest absolute Gasteiger partial charge is 0.398 e. The lowest BCUT2D eigenvalue weighted by Gasteiger charge is -2.10. The molecule has 0 unspecified atom stereocenters. The van der Waals surface area contributed by atoms with Gasteiger partial charge in [0.2, 0.25) is 0 Å². The summed E-state index contributed by atoms with van der Waals surface area (Å²) in [7, 11) is -4.08. The lowest BCUT2D eigenvalue weighted by molar-refractivity contribution is 0.572. The summed E-state index contributed by atoms with van der Waals surface area (Å²) >= 11 is 5.69. The zero-order chi connectivity index (χ0) is 14.0. The van der Waals surface area contributed by atoms with Crippen LogP contribution < -0.4 is 10.5 Å². The van der Waals surface area contributed by atoms with Crippen LogP contribution in [0.5, 0.6) is 0 Å². The Morgan fingerprint density at radius 1 is 1.11 bits per heavy atom. The number of nitrogens with two attached hydrogens (primary N) is 1. The smallest absolute Gasteiger partial charge is 0.266 e. The van der Waals surface area contributed by atoms with Crippen LogP contribution in [0.2, 0.25) is 5.02 Å². The van der Waals surface area contributed by atoms with Crippen LogP contribution in [0.3, 0.4) is 0 Å². The fourth-order valence-corrected chi connectivity index (χ4v) is 2.91. The lowest BCUT2D eigenvalue weighted by Crippen LogP contribution is -2.16. The maximum absolute atomic E-state index is 13.6. The van der Waals surface area contributed by atoms with Gasteiger partial charge in [0.15, 0.2) is 0 Å². The van der Waals surface area contributed by atoms with Crippen molar-refractivity contribution >= 4 is 33.0 Å². The fraction of sp³-hybridized carbons (Fsp3) is 0.